The van der Waals surface area contributed by atoms with E-state index in [0.717, 1.165) is 61.2 Å². The highest BCUT2D eigenvalue weighted by molar-refractivity contribution is 7.80. The van der Waals surface area contributed by atoms with Gasteiger partial charge in [0.15, 0.2) is 0 Å². The number of hydrogen-bond donors (Lipinski definition) is 0. The van der Waals surface area contributed by atoms with Crippen LogP contribution in [0.1, 0.15) is 66.8 Å². The van der Waals surface area contributed by atoms with Gasteiger partial charge in [0, 0.05) is 5.56 Å². The summed E-state index contributed by atoms with van der Waals surface area (Å²) in [6, 6.07) is 27.1. The number of alkyl halides is 6. The molecule has 1 nitrogen and oxygen atoms in total. The molecule has 302 valence electrons. The van der Waals surface area contributed by atoms with E-state index in [1.54, 1.807) is 6.92 Å². The lowest BCUT2D eigenvalue weighted by Gasteiger charge is -2.32. The zero-order valence-corrected chi connectivity index (χ0v) is 36.5. The zero-order valence-electron chi connectivity index (χ0n) is 34.7. The maximum Gasteiger partial charge on any atom is 0.417 e. The van der Waals surface area contributed by atoms with Gasteiger partial charge in [-0.15, -0.1) is 0 Å². The molecule has 6 aromatic carbocycles. The van der Waals surface area contributed by atoms with Crippen LogP contribution in [0.5, 0.6) is 5.75 Å². The monoisotopic (exact) mass is 828 g/mol. The number of aryl methyl sites for hydroxylation is 9. The Morgan fingerprint density at radius 2 is 0.724 bits per heavy atom. The normalized spacial score (nSPS) is 12.2. The van der Waals surface area contributed by atoms with E-state index >= 15 is 26.3 Å². The molecule has 0 fully saturated rings. The second-order valence-corrected chi connectivity index (χ2v) is 20.1. The zero-order chi connectivity index (χ0) is 42.6. The van der Waals surface area contributed by atoms with Crippen molar-refractivity contribution >= 4 is 47.7 Å². The molecular weight excluding hydrogens is 780 g/mol. The minimum Gasteiger partial charge on any atom is -0.496 e. The van der Waals surface area contributed by atoms with Gasteiger partial charge in [-0.05, 0) is 152 Å². The first-order valence-corrected chi connectivity index (χ1v) is 21.7. The molecule has 0 N–H and O–H groups in total. The Kier molecular flexibility index (Phi) is 12.1. The number of ether oxygens (including phenoxy) is 1. The van der Waals surface area contributed by atoms with Crippen LogP contribution in [0.4, 0.5) is 26.3 Å². The average Bonchev–Trinajstić information content (AvgIpc) is 3.06. The molecule has 0 aliphatic heterocycles. The van der Waals surface area contributed by atoms with E-state index in [-0.39, 0.29) is 16.4 Å². The maximum atomic E-state index is 16.0. The highest BCUT2D eigenvalue weighted by Crippen LogP contribution is 2.50. The largest absolute Gasteiger partial charge is 0.496 e. The molecule has 0 aliphatic rings. The molecule has 0 unspecified atom stereocenters. The molecule has 0 saturated heterocycles. The highest BCUT2D eigenvalue weighted by atomic mass is 31.1. The van der Waals surface area contributed by atoms with Gasteiger partial charge >= 0.3 is 12.4 Å². The molecule has 58 heavy (non-hydrogen) atoms. The molecule has 0 bridgehead atoms. The first-order valence-electron chi connectivity index (χ1n) is 19.0. The van der Waals surface area contributed by atoms with E-state index in [9.17, 15) is 0 Å². The summed E-state index contributed by atoms with van der Waals surface area (Å²) in [5.41, 5.74) is 5.88. The summed E-state index contributed by atoms with van der Waals surface area (Å²) in [6.07, 6.45) is -10.2. The summed E-state index contributed by atoms with van der Waals surface area (Å²) in [7, 11) is -2.11. The SMILES string of the molecule is COc1c(C)cc(P(c2cc(C)cc(C)c2)c2cc(C)cc(C)c2)c(-c2c(P(c3cc(C)cc(C)c3)c3cc(C)cc(C)c3)cc(C(F)(F)F)cc2C(F)(F)F)c1C. The first-order chi connectivity index (χ1) is 27.0. The van der Waals surface area contributed by atoms with Gasteiger partial charge in [0.25, 0.3) is 0 Å². The molecule has 0 aliphatic carbocycles. The van der Waals surface area contributed by atoms with Crippen molar-refractivity contribution in [1.82, 2.24) is 0 Å². The van der Waals surface area contributed by atoms with Crippen LogP contribution in [0, 0.1) is 69.2 Å². The van der Waals surface area contributed by atoms with E-state index < -0.39 is 39.3 Å². The van der Waals surface area contributed by atoms with Gasteiger partial charge in [0.2, 0.25) is 0 Å². The van der Waals surface area contributed by atoms with Crippen molar-refractivity contribution in [2.75, 3.05) is 7.11 Å². The molecule has 9 heteroatoms. The lowest BCUT2D eigenvalue weighted by Crippen LogP contribution is -2.30. The third kappa shape index (κ3) is 8.92. The van der Waals surface area contributed by atoms with E-state index in [2.05, 4.69) is 36.4 Å². The molecule has 0 spiro atoms. The fraction of sp³-hybridized carbons (Fsp3) is 0.265. The van der Waals surface area contributed by atoms with Gasteiger partial charge < -0.3 is 4.74 Å². The van der Waals surface area contributed by atoms with Gasteiger partial charge in [0.1, 0.15) is 5.75 Å². The summed E-state index contributed by atoms with van der Waals surface area (Å²) < 4.78 is 99.2. The van der Waals surface area contributed by atoms with E-state index in [1.807, 2.05) is 105 Å². The predicted molar refractivity (Wildman–Crippen MR) is 233 cm³/mol. The van der Waals surface area contributed by atoms with Crippen LogP contribution in [0.15, 0.2) is 91.0 Å². The lowest BCUT2D eigenvalue weighted by molar-refractivity contribution is -0.142. The highest BCUT2D eigenvalue weighted by Gasteiger charge is 2.43. The van der Waals surface area contributed by atoms with Crippen LogP contribution < -0.4 is 36.6 Å². The van der Waals surface area contributed by atoms with Crippen molar-refractivity contribution in [3.05, 3.63) is 158 Å². The fourth-order valence-electron chi connectivity index (χ4n) is 8.38. The number of rotatable bonds is 8. The Hall–Kier alpha value is -4.44. The third-order valence-electron chi connectivity index (χ3n) is 10.2. The van der Waals surface area contributed by atoms with Crippen LogP contribution in [0.3, 0.4) is 0 Å². The van der Waals surface area contributed by atoms with Crippen molar-refractivity contribution in [3.8, 4) is 16.9 Å². The van der Waals surface area contributed by atoms with Crippen molar-refractivity contribution in [2.45, 2.75) is 81.6 Å². The van der Waals surface area contributed by atoms with Gasteiger partial charge in [-0.25, -0.2) is 0 Å². The topological polar surface area (TPSA) is 9.23 Å². The predicted octanol–water partition coefficient (Wildman–Crippen LogP) is 12.0. The minimum atomic E-state index is -5.16. The summed E-state index contributed by atoms with van der Waals surface area (Å²) in [6.45, 7) is 19.2. The number of halogens is 6. The van der Waals surface area contributed by atoms with Crippen molar-refractivity contribution in [3.63, 3.8) is 0 Å². The maximum absolute atomic E-state index is 16.0. The van der Waals surface area contributed by atoms with Crippen LogP contribution in [-0.4, -0.2) is 7.11 Å². The summed E-state index contributed by atoms with van der Waals surface area (Å²) in [5.74, 6) is 0.385. The Morgan fingerprint density at radius 1 is 0.397 bits per heavy atom. The quantitative estimate of drug-likeness (QED) is 0.110. The van der Waals surface area contributed by atoms with Crippen LogP contribution in [0.25, 0.3) is 11.1 Å². The Balaban J connectivity index is 1.92. The average molecular weight is 829 g/mol. The summed E-state index contributed by atoms with van der Waals surface area (Å²) in [4.78, 5) is 0. The van der Waals surface area contributed by atoms with Crippen LogP contribution in [-0.2, 0) is 12.4 Å². The van der Waals surface area contributed by atoms with E-state index in [0.29, 0.717) is 38.9 Å². The molecule has 6 rings (SSSR count). The Bertz CT molecular complexity index is 2370. The van der Waals surface area contributed by atoms with Crippen LogP contribution in [0.2, 0.25) is 0 Å². The molecule has 0 amide bonds. The van der Waals surface area contributed by atoms with Crippen molar-refractivity contribution < 1.29 is 31.1 Å². The van der Waals surface area contributed by atoms with Gasteiger partial charge in [-0.2, -0.15) is 26.3 Å². The van der Waals surface area contributed by atoms with E-state index in [1.165, 1.54) is 7.11 Å². The number of hydrogen-bond acceptors (Lipinski definition) is 1. The van der Waals surface area contributed by atoms with Gasteiger partial charge in [-0.1, -0.05) is 117 Å². The molecule has 0 saturated carbocycles. The second kappa shape index (κ2) is 16.3. The number of methoxy groups -OCH3 is 1. The van der Waals surface area contributed by atoms with Gasteiger partial charge in [0.05, 0.1) is 18.2 Å². The molecular formula is C49H48F6OP2. The molecule has 6 aromatic rings. The van der Waals surface area contributed by atoms with E-state index in [4.69, 9.17) is 4.74 Å². The van der Waals surface area contributed by atoms with Crippen molar-refractivity contribution in [2.24, 2.45) is 0 Å². The van der Waals surface area contributed by atoms with Gasteiger partial charge in [-0.3, -0.25) is 0 Å². The first kappa shape index (κ1) is 43.1. The fourth-order valence-corrected chi connectivity index (χ4v) is 14.3. The molecule has 0 aromatic heterocycles. The Labute approximate surface area is 341 Å². The molecule has 0 heterocycles. The van der Waals surface area contributed by atoms with Crippen molar-refractivity contribution in [1.29, 1.82) is 0 Å². The second-order valence-electron chi connectivity index (χ2n) is 15.7. The molecule has 0 radical (unpaired) electrons. The standard InChI is InChI=1S/C49H48F6OP2/c1-27-12-28(2)17-38(16-27)57(39-18-29(3)13-30(4)19-39)43-24-35(9)47(56-11)36(10)45(43)46-42(49(53,54)55)25-37(48(50,51)52)26-44(46)58(40-20-31(5)14-32(6)21-40)41-22-33(7)15-34(8)23-41/h12-26H,1-11H3. The number of benzene rings is 6. The lowest BCUT2D eigenvalue weighted by atomic mass is 9.92. The molecule has 0 atom stereocenters. The smallest absolute Gasteiger partial charge is 0.417 e. The third-order valence-corrected chi connectivity index (χ3v) is 15.0. The summed E-state index contributed by atoms with van der Waals surface area (Å²) >= 11 is 0. The summed E-state index contributed by atoms with van der Waals surface area (Å²) in [5, 5.41) is 3.78. The van der Waals surface area contributed by atoms with Crippen LogP contribution >= 0.6 is 15.8 Å². The minimum absolute atomic E-state index is 0.0156. The Morgan fingerprint density at radius 3 is 1.02 bits per heavy atom.